The molecule has 4 nitrogen and oxygen atoms in total. The average Bonchev–Trinajstić information content (AvgIpc) is 2.76. The van der Waals surface area contributed by atoms with Gasteiger partial charge in [-0.15, -0.1) is 0 Å². The molecule has 0 bridgehead atoms. The van der Waals surface area contributed by atoms with Crippen LogP contribution in [-0.2, 0) is 4.79 Å². The number of carbonyl (C=O) groups is 2. The number of halogens is 3. The molecule has 0 spiro atoms. The number of hydrogen-bond acceptors (Lipinski definition) is 2. The van der Waals surface area contributed by atoms with E-state index in [0.29, 0.717) is 14.2 Å². The maximum atomic E-state index is 13.9. The molecule has 0 radical (unpaired) electrons. The van der Waals surface area contributed by atoms with Crippen molar-refractivity contribution >= 4 is 46.1 Å². The van der Waals surface area contributed by atoms with Crippen molar-refractivity contribution in [1.82, 2.24) is 4.90 Å². The van der Waals surface area contributed by atoms with Crippen molar-refractivity contribution in [2.45, 2.75) is 12.1 Å². The van der Waals surface area contributed by atoms with E-state index in [1.807, 2.05) is 22.6 Å². The van der Waals surface area contributed by atoms with Gasteiger partial charge in [-0.05, 0) is 40.8 Å². The first-order valence-electron chi connectivity index (χ1n) is 5.50. The molecule has 7 heteroatoms. The number of carbonyl (C=O) groups excluding carboxylic acids is 1. The number of likely N-dealkylation sites (tertiary alicyclic amines) is 1. The van der Waals surface area contributed by atoms with E-state index in [1.165, 1.54) is 11.0 Å². The van der Waals surface area contributed by atoms with Crippen molar-refractivity contribution in [2.24, 2.45) is 0 Å². The van der Waals surface area contributed by atoms with Gasteiger partial charge in [-0.1, -0.05) is 11.6 Å². The summed E-state index contributed by atoms with van der Waals surface area (Å²) in [5.74, 6) is -1.92. The number of carboxylic acid groups (broad SMARTS) is 1. The van der Waals surface area contributed by atoms with Crippen LogP contribution in [0.3, 0.4) is 0 Å². The molecule has 19 heavy (non-hydrogen) atoms. The Hall–Kier alpha value is -0.890. The molecule has 2 rings (SSSR count). The molecular formula is C12H10ClFINO3. The second-order valence-electron chi connectivity index (χ2n) is 4.37. The van der Waals surface area contributed by atoms with Crippen LogP contribution in [-0.4, -0.2) is 40.6 Å². The van der Waals surface area contributed by atoms with Gasteiger partial charge in [0.25, 0.3) is 5.91 Å². The molecule has 1 aliphatic heterocycles. The van der Waals surface area contributed by atoms with Crippen LogP contribution in [0.25, 0.3) is 0 Å². The Kier molecular flexibility index (Phi) is 4.00. The van der Waals surface area contributed by atoms with E-state index >= 15 is 0 Å². The minimum Gasteiger partial charge on any atom is -0.479 e. The Morgan fingerprint density at radius 2 is 2.16 bits per heavy atom. The molecule has 102 valence electrons. The molecule has 1 saturated heterocycles. The fourth-order valence-electron chi connectivity index (χ4n) is 1.95. The third-order valence-electron chi connectivity index (χ3n) is 3.05. The number of amides is 1. The van der Waals surface area contributed by atoms with Gasteiger partial charge in [0.1, 0.15) is 0 Å². The van der Waals surface area contributed by atoms with Crippen molar-refractivity contribution in [2.75, 3.05) is 13.1 Å². The Bertz CT molecular complexity index is 554. The summed E-state index contributed by atoms with van der Waals surface area (Å²) in [5, 5.41) is 9.22. The molecule has 1 unspecified atom stereocenters. The fourth-order valence-corrected chi connectivity index (χ4v) is 2.69. The van der Waals surface area contributed by atoms with Gasteiger partial charge in [-0.25, -0.2) is 9.18 Å². The topological polar surface area (TPSA) is 57.6 Å². The summed E-state index contributed by atoms with van der Waals surface area (Å²) in [5.41, 5.74) is -1.98. The van der Waals surface area contributed by atoms with Crippen LogP contribution in [0.2, 0.25) is 5.02 Å². The summed E-state index contributed by atoms with van der Waals surface area (Å²) < 4.78 is 14.6. The molecule has 1 aliphatic rings. The lowest BCUT2D eigenvalue weighted by atomic mass is 10.1. The molecular weight excluding hydrogens is 387 g/mol. The Morgan fingerprint density at radius 3 is 2.74 bits per heavy atom. The van der Waals surface area contributed by atoms with Crippen molar-refractivity contribution in [1.29, 1.82) is 0 Å². The SMILES string of the molecule is O=C(c1cc(Cl)ccc1I)N1CCC(F)(C(=O)O)C1. The van der Waals surface area contributed by atoms with Gasteiger partial charge in [0.05, 0.1) is 12.1 Å². The molecule has 1 N–H and O–H groups in total. The zero-order valence-electron chi connectivity index (χ0n) is 9.70. The third kappa shape index (κ3) is 2.84. The maximum absolute atomic E-state index is 13.9. The molecule has 0 aromatic heterocycles. The fraction of sp³-hybridized carbons (Fsp3) is 0.333. The lowest BCUT2D eigenvalue weighted by molar-refractivity contribution is -0.149. The molecule has 1 aromatic carbocycles. The minimum atomic E-state index is -2.35. The first kappa shape index (κ1) is 14.5. The van der Waals surface area contributed by atoms with Crippen LogP contribution >= 0.6 is 34.2 Å². The standard InChI is InChI=1S/C12H10ClFINO3/c13-7-1-2-9(15)8(5-7)10(17)16-4-3-12(14,6-16)11(18)19/h1-2,5H,3-4,6H2,(H,18,19). The quantitative estimate of drug-likeness (QED) is 0.781. The molecule has 0 aliphatic carbocycles. The molecule has 1 atom stereocenters. The normalized spacial score (nSPS) is 22.6. The molecule has 1 aromatic rings. The van der Waals surface area contributed by atoms with E-state index in [2.05, 4.69) is 0 Å². The number of carboxylic acids is 1. The van der Waals surface area contributed by atoms with Gasteiger partial charge in [-0.3, -0.25) is 4.79 Å². The Balaban J connectivity index is 2.22. The predicted octanol–water partition coefficient (Wildman–Crippen LogP) is 2.58. The van der Waals surface area contributed by atoms with Gasteiger partial charge in [0.2, 0.25) is 5.67 Å². The zero-order chi connectivity index (χ0) is 14.2. The second kappa shape index (κ2) is 5.24. The number of alkyl halides is 1. The Morgan fingerprint density at radius 1 is 1.47 bits per heavy atom. The summed E-state index contributed by atoms with van der Waals surface area (Å²) >= 11 is 7.82. The molecule has 1 heterocycles. The van der Waals surface area contributed by atoms with E-state index in [1.54, 1.807) is 12.1 Å². The van der Waals surface area contributed by atoms with Crippen LogP contribution in [0.4, 0.5) is 4.39 Å². The second-order valence-corrected chi connectivity index (χ2v) is 5.97. The summed E-state index contributed by atoms with van der Waals surface area (Å²) in [6.07, 6.45) is -0.189. The highest BCUT2D eigenvalue weighted by molar-refractivity contribution is 14.1. The van der Waals surface area contributed by atoms with Crippen molar-refractivity contribution in [3.63, 3.8) is 0 Å². The highest BCUT2D eigenvalue weighted by Gasteiger charge is 2.47. The van der Waals surface area contributed by atoms with Crippen molar-refractivity contribution < 1.29 is 19.1 Å². The summed E-state index contributed by atoms with van der Waals surface area (Å²) in [6.45, 7) is -0.339. The first-order valence-corrected chi connectivity index (χ1v) is 6.96. The van der Waals surface area contributed by atoms with E-state index in [4.69, 9.17) is 16.7 Å². The van der Waals surface area contributed by atoms with Crippen LogP contribution < -0.4 is 0 Å². The van der Waals surface area contributed by atoms with E-state index < -0.39 is 24.1 Å². The number of nitrogens with zero attached hydrogens (tertiary/aromatic N) is 1. The molecule has 0 saturated carbocycles. The van der Waals surface area contributed by atoms with Gasteiger partial charge >= 0.3 is 5.97 Å². The molecule has 1 amide bonds. The minimum absolute atomic E-state index is 0.0875. The van der Waals surface area contributed by atoms with Crippen LogP contribution in [0.15, 0.2) is 18.2 Å². The highest BCUT2D eigenvalue weighted by Crippen LogP contribution is 2.28. The predicted molar refractivity (Wildman–Crippen MR) is 76.2 cm³/mol. The summed E-state index contributed by atoms with van der Waals surface area (Å²) in [4.78, 5) is 24.3. The zero-order valence-corrected chi connectivity index (χ0v) is 12.6. The largest absolute Gasteiger partial charge is 0.479 e. The highest BCUT2D eigenvalue weighted by atomic mass is 127. The number of aliphatic carboxylic acids is 1. The van der Waals surface area contributed by atoms with Crippen molar-refractivity contribution in [3.8, 4) is 0 Å². The smallest absolute Gasteiger partial charge is 0.343 e. The monoisotopic (exact) mass is 397 g/mol. The van der Waals surface area contributed by atoms with E-state index in [-0.39, 0.29) is 13.0 Å². The summed E-state index contributed by atoms with van der Waals surface area (Å²) in [6, 6.07) is 4.84. The third-order valence-corrected chi connectivity index (χ3v) is 4.22. The van der Waals surface area contributed by atoms with E-state index in [0.717, 1.165) is 0 Å². The van der Waals surface area contributed by atoms with Gasteiger partial charge in [-0.2, -0.15) is 0 Å². The van der Waals surface area contributed by atoms with E-state index in [9.17, 15) is 14.0 Å². The average molecular weight is 398 g/mol. The number of benzene rings is 1. The van der Waals surface area contributed by atoms with Gasteiger partial charge < -0.3 is 10.0 Å². The maximum Gasteiger partial charge on any atom is 0.343 e. The lowest BCUT2D eigenvalue weighted by Gasteiger charge is -2.18. The van der Waals surface area contributed by atoms with Gasteiger partial charge in [0.15, 0.2) is 0 Å². The molecule has 1 fully saturated rings. The number of hydrogen-bond donors (Lipinski definition) is 1. The van der Waals surface area contributed by atoms with Crippen LogP contribution in [0.5, 0.6) is 0 Å². The van der Waals surface area contributed by atoms with Crippen molar-refractivity contribution in [3.05, 3.63) is 32.4 Å². The first-order chi connectivity index (χ1) is 8.83. The van der Waals surface area contributed by atoms with Gasteiger partial charge in [0, 0.05) is 21.6 Å². The Labute approximate surface area is 127 Å². The summed E-state index contributed by atoms with van der Waals surface area (Å²) in [7, 11) is 0. The van der Waals surface area contributed by atoms with Crippen LogP contribution in [0, 0.1) is 3.57 Å². The lowest BCUT2D eigenvalue weighted by Crippen LogP contribution is -2.39. The van der Waals surface area contributed by atoms with Crippen LogP contribution in [0.1, 0.15) is 16.8 Å². The number of rotatable bonds is 2.